The molecule has 2 fully saturated rings. The molecule has 2 aliphatic heterocycles. The lowest BCUT2D eigenvalue weighted by molar-refractivity contribution is -0.193. The van der Waals surface area contributed by atoms with E-state index in [1.54, 1.807) is 12.4 Å². The minimum atomic E-state index is -5.08. The van der Waals surface area contributed by atoms with E-state index in [2.05, 4.69) is 24.9 Å². The lowest BCUT2D eigenvalue weighted by Gasteiger charge is -2.31. The van der Waals surface area contributed by atoms with Crippen molar-refractivity contribution in [2.24, 2.45) is 5.41 Å². The molecular weight excluding hydrogens is 544 g/mol. The summed E-state index contributed by atoms with van der Waals surface area (Å²) in [5.74, 6) is -3.77. The zero-order valence-electron chi connectivity index (χ0n) is 20.9. The van der Waals surface area contributed by atoms with Crippen molar-refractivity contribution in [3.63, 3.8) is 0 Å². The SMILES string of the molecule is Cc1noc(C)c1CN1CCOCC2(CCN(c3ncccn3)C2)C1.O=C(O)C(F)(F)F.O=C(O)C(F)(F)F. The van der Waals surface area contributed by atoms with Crippen molar-refractivity contribution in [3.05, 3.63) is 35.5 Å². The maximum absolute atomic E-state index is 10.6. The third-order valence-electron chi connectivity index (χ3n) is 5.84. The van der Waals surface area contributed by atoms with Gasteiger partial charge in [0.2, 0.25) is 5.95 Å². The summed E-state index contributed by atoms with van der Waals surface area (Å²) in [5, 5.41) is 18.3. The third-order valence-corrected chi connectivity index (χ3v) is 5.84. The molecule has 1 unspecified atom stereocenters. The number of aryl methyl sites for hydroxylation is 2. The van der Waals surface area contributed by atoms with Crippen LogP contribution in [0.2, 0.25) is 0 Å². The molecule has 2 N–H and O–H groups in total. The zero-order valence-corrected chi connectivity index (χ0v) is 20.9. The summed E-state index contributed by atoms with van der Waals surface area (Å²) in [6.45, 7) is 10.3. The number of halogens is 6. The first kappa shape index (κ1) is 31.7. The first-order valence-corrected chi connectivity index (χ1v) is 11.4. The van der Waals surface area contributed by atoms with Gasteiger partial charge >= 0.3 is 24.3 Å². The van der Waals surface area contributed by atoms with Crippen molar-refractivity contribution in [2.45, 2.75) is 39.2 Å². The predicted octanol–water partition coefficient (Wildman–Crippen LogP) is 3.08. The Labute approximate surface area is 218 Å². The zero-order chi connectivity index (χ0) is 29.4. The Hall–Kier alpha value is -3.47. The molecule has 2 aromatic rings. The first-order valence-electron chi connectivity index (χ1n) is 11.4. The average Bonchev–Trinajstić information content (AvgIpc) is 3.33. The van der Waals surface area contributed by atoms with E-state index in [1.807, 2.05) is 19.9 Å². The van der Waals surface area contributed by atoms with Crippen molar-refractivity contribution < 1.29 is 55.4 Å². The highest BCUT2D eigenvalue weighted by molar-refractivity contribution is 5.73. The Morgan fingerprint density at radius 1 is 1.00 bits per heavy atom. The largest absolute Gasteiger partial charge is 0.490 e. The summed E-state index contributed by atoms with van der Waals surface area (Å²) in [6, 6.07) is 1.86. The second-order valence-corrected chi connectivity index (χ2v) is 8.89. The molecule has 4 heterocycles. The molecule has 0 aliphatic carbocycles. The van der Waals surface area contributed by atoms with Crippen LogP contribution in [0.3, 0.4) is 0 Å². The van der Waals surface area contributed by atoms with Crippen LogP contribution >= 0.6 is 0 Å². The number of anilines is 1. The van der Waals surface area contributed by atoms with E-state index in [9.17, 15) is 26.3 Å². The Bertz CT molecular complexity index is 1050. The summed E-state index contributed by atoms with van der Waals surface area (Å²) in [7, 11) is 0. The van der Waals surface area contributed by atoms with Crippen LogP contribution in [0.25, 0.3) is 0 Å². The molecule has 0 radical (unpaired) electrons. The fourth-order valence-electron chi connectivity index (χ4n) is 3.97. The molecule has 1 spiro atoms. The molecule has 0 saturated carbocycles. The summed E-state index contributed by atoms with van der Waals surface area (Å²) in [4.78, 5) is 31.4. The van der Waals surface area contributed by atoms with E-state index >= 15 is 0 Å². The van der Waals surface area contributed by atoms with Crippen LogP contribution in [0, 0.1) is 19.3 Å². The van der Waals surface area contributed by atoms with E-state index in [1.165, 1.54) is 5.56 Å². The number of aliphatic carboxylic acids is 2. The Morgan fingerprint density at radius 2 is 1.56 bits per heavy atom. The molecule has 0 bridgehead atoms. The van der Waals surface area contributed by atoms with Gasteiger partial charge in [-0.15, -0.1) is 0 Å². The molecule has 17 heteroatoms. The fraction of sp³-hybridized carbons (Fsp3) is 0.591. The Kier molecular flexibility index (Phi) is 10.6. The number of ether oxygens (including phenoxy) is 1. The second kappa shape index (κ2) is 13.1. The van der Waals surface area contributed by atoms with E-state index in [4.69, 9.17) is 29.1 Å². The summed E-state index contributed by atoms with van der Waals surface area (Å²) >= 11 is 0. The molecule has 0 amide bonds. The Morgan fingerprint density at radius 3 is 2.05 bits per heavy atom. The number of hydrogen-bond acceptors (Lipinski definition) is 9. The van der Waals surface area contributed by atoms with Gasteiger partial charge < -0.3 is 24.4 Å². The van der Waals surface area contributed by atoms with Crippen LogP contribution in [0.15, 0.2) is 23.0 Å². The normalized spacial score (nSPS) is 19.9. The molecule has 39 heavy (non-hydrogen) atoms. The number of hydrogen-bond donors (Lipinski definition) is 2. The molecule has 2 aliphatic rings. The van der Waals surface area contributed by atoms with Gasteiger partial charge in [-0.25, -0.2) is 19.6 Å². The lowest BCUT2D eigenvalue weighted by Crippen LogP contribution is -2.40. The molecular formula is C22H27F6N5O6. The predicted molar refractivity (Wildman–Crippen MR) is 121 cm³/mol. The van der Waals surface area contributed by atoms with Crippen molar-refractivity contribution in [1.82, 2.24) is 20.0 Å². The maximum Gasteiger partial charge on any atom is 0.490 e. The molecule has 2 saturated heterocycles. The fourth-order valence-corrected chi connectivity index (χ4v) is 3.97. The number of rotatable bonds is 3. The minimum absolute atomic E-state index is 0.134. The van der Waals surface area contributed by atoms with Crippen molar-refractivity contribution >= 4 is 17.9 Å². The summed E-state index contributed by atoms with van der Waals surface area (Å²) in [6.07, 6.45) is -5.45. The summed E-state index contributed by atoms with van der Waals surface area (Å²) < 4.78 is 74.8. The molecule has 4 rings (SSSR count). The monoisotopic (exact) mass is 571 g/mol. The van der Waals surface area contributed by atoms with Gasteiger partial charge in [0.1, 0.15) is 5.76 Å². The van der Waals surface area contributed by atoms with Crippen LogP contribution in [-0.2, 0) is 20.9 Å². The number of carboxylic acid groups (broad SMARTS) is 2. The highest BCUT2D eigenvalue weighted by atomic mass is 19.4. The molecule has 1 atom stereocenters. The quantitative estimate of drug-likeness (QED) is 0.525. The van der Waals surface area contributed by atoms with Gasteiger partial charge in [-0.3, -0.25) is 4.90 Å². The number of carbonyl (C=O) groups is 2. The number of aromatic nitrogens is 3. The van der Waals surface area contributed by atoms with Gasteiger partial charge in [0.25, 0.3) is 0 Å². The standard InChI is InChI=1S/C18H25N5O2.2C2HF3O2/c1-14-16(15(2)25-21-14)10-22-8-9-24-13-18(11-22)4-7-23(12-18)17-19-5-3-6-20-17;2*3-2(4,5)1(6)7/h3,5-6H,4,7-13H2,1-2H3;2*(H,6,7). The van der Waals surface area contributed by atoms with Gasteiger partial charge in [-0.1, -0.05) is 5.16 Å². The molecule has 218 valence electrons. The summed E-state index contributed by atoms with van der Waals surface area (Å²) in [5.41, 5.74) is 2.33. The number of alkyl halides is 6. The topological polar surface area (TPSA) is 142 Å². The van der Waals surface area contributed by atoms with E-state index in [0.29, 0.717) is 0 Å². The lowest BCUT2D eigenvalue weighted by atomic mass is 9.87. The Balaban J connectivity index is 0.000000317. The number of carboxylic acids is 2. The van der Waals surface area contributed by atoms with Gasteiger partial charge in [0.05, 0.1) is 18.9 Å². The van der Waals surface area contributed by atoms with Crippen molar-refractivity contribution in [2.75, 3.05) is 44.3 Å². The van der Waals surface area contributed by atoms with Gasteiger partial charge in [-0.2, -0.15) is 26.3 Å². The van der Waals surface area contributed by atoms with Crippen LogP contribution in [-0.4, -0.2) is 93.9 Å². The molecule has 2 aromatic heterocycles. The first-order chi connectivity index (χ1) is 18.0. The van der Waals surface area contributed by atoms with Gasteiger partial charge in [0.15, 0.2) is 0 Å². The average molecular weight is 571 g/mol. The minimum Gasteiger partial charge on any atom is -0.475 e. The van der Waals surface area contributed by atoms with E-state index < -0.39 is 24.3 Å². The second-order valence-electron chi connectivity index (χ2n) is 8.89. The highest BCUT2D eigenvalue weighted by Gasteiger charge is 2.42. The van der Waals surface area contributed by atoms with Crippen LogP contribution in [0.5, 0.6) is 0 Å². The van der Waals surface area contributed by atoms with Crippen LogP contribution < -0.4 is 4.90 Å². The smallest absolute Gasteiger partial charge is 0.475 e. The van der Waals surface area contributed by atoms with Crippen LogP contribution in [0.4, 0.5) is 32.3 Å². The van der Waals surface area contributed by atoms with Crippen molar-refractivity contribution in [3.8, 4) is 0 Å². The van der Waals surface area contributed by atoms with E-state index in [0.717, 1.165) is 69.8 Å². The number of nitrogens with zero attached hydrogens (tertiary/aromatic N) is 5. The molecule has 0 aromatic carbocycles. The van der Waals surface area contributed by atoms with Crippen LogP contribution in [0.1, 0.15) is 23.4 Å². The van der Waals surface area contributed by atoms with E-state index in [-0.39, 0.29) is 5.41 Å². The molecule has 11 nitrogen and oxygen atoms in total. The van der Waals surface area contributed by atoms with Crippen molar-refractivity contribution in [1.29, 1.82) is 0 Å². The maximum atomic E-state index is 10.6. The van der Waals surface area contributed by atoms with Gasteiger partial charge in [0, 0.05) is 56.1 Å². The highest BCUT2D eigenvalue weighted by Crippen LogP contribution is 2.35. The third kappa shape index (κ3) is 9.65. The van der Waals surface area contributed by atoms with Gasteiger partial charge in [-0.05, 0) is 26.3 Å².